The highest BCUT2D eigenvalue weighted by molar-refractivity contribution is 7.09. The van der Waals surface area contributed by atoms with Crippen LogP contribution in [0, 0.1) is 6.92 Å². The highest BCUT2D eigenvalue weighted by Gasteiger charge is 2.10. The van der Waals surface area contributed by atoms with Crippen molar-refractivity contribution in [3.63, 3.8) is 0 Å². The zero-order valence-electron chi connectivity index (χ0n) is 11.7. The minimum Gasteiger partial charge on any atom is -0.486 e. The third-order valence-corrected chi connectivity index (χ3v) is 4.22. The number of rotatable bonds is 6. The summed E-state index contributed by atoms with van der Waals surface area (Å²) in [6.45, 7) is 4.54. The maximum absolute atomic E-state index is 6.06. The second kappa shape index (κ2) is 7.07. The van der Waals surface area contributed by atoms with Gasteiger partial charge in [0.15, 0.2) is 0 Å². The largest absolute Gasteiger partial charge is 0.486 e. The van der Waals surface area contributed by atoms with Crippen molar-refractivity contribution < 1.29 is 4.74 Å². The maximum atomic E-state index is 6.06. The van der Waals surface area contributed by atoms with Crippen molar-refractivity contribution in [2.75, 3.05) is 0 Å². The van der Waals surface area contributed by atoms with Crippen molar-refractivity contribution in [2.45, 2.75) is 39.3 Å². The number of hydrogen-bond acceptors (Lipinski definition) is 4. The Hall–Kier alpha value is -1.10. The average Bonchev–Trinajstić information content (AvgIpc) is 2.83. The number of aromatic nitrogens is 1. The molecule has 1 aromatic carbocycles. The van der Waals surface area contributed by atoms with E-state index in [0.717, 1.165) is 34.9 Å². The number of nitrogens with zero attached hydrogens (tertiary/aromatic N) is 1. The van der Waals surface area contributed by atoms with Gasteiger partial charge in [0.2, 0.25) is 0 Å². The van der Waals surface area contributed by atoms with Crippen LogP contribution in [0.4, 0.5) is 0 Å². The quantitative estimate of drug-likeness (QED) is 0.878. The second-order valence-electron chi connectivity index (χ2n) is 4.80. The summed E-state index contributed by atoms with van der Waals surface area (Å²) in [4.78, 5) is 4.39. The Morgan fingerprint density at radius 2 is 2.25 bits per heavy atom. The molecule has 0 bridgehead atoms. The van der Waals surface area contributed by atoms with E-state index in [0.29, 0.717) is 11.6 Å². The maximum Gasteiger partial charge on any atom is 0.140 e. The lowest BCUT2D eigenvalue weighted by Gasteiger charge is -2.14. The number of aryl methyl sites for hydroxylation is 1. The number of hydrogen-bond donors (Lipinski definition) is 1. The molecule has 0 saturated carbocycles. The summed E-state index contributed by atoms with van der Waals surface area (Å²) >= 11 is 7.67. The fourth-order valence-electron chi connectivity index (χ4n) is 1.88. The average molecular weight is 311 g/mol. The molecule has 0 spiro atoms. The van der Waals surface area contributed by atoms with Gasteiger partial charge in [-0.05, 0) is 43.5 Å². The highest BCUT2D eigenvalue weighted by atomic mass is 35.5. The molecule has 2 aromatic rings. The zero-order chi connectivity index (χ0) is 14.5. The van der Waals surface area contributed by atoms with Crippen LogP contribution in [0.2, 0.25) is 5.02 Å². The van der Waals surface area contributed by atoms with Gasteiger partial charge in [0.25, 0.3) is 0 Å². The smallest absolute Gasteiger partial charge is 0.140 e. The van der Waals surface area contributed by atoms with Gasteiger partial charge in [0.05, 0.1) is 0 Å². The number of thiazole rings is 1. The van der Waals surface area contributed by atoms with E-state index in [1.807, 2.05) is 30.5 Å². The van der Waals surface area contributed by atoms with Crippen molar-refractivity contribution in [2.24, 2.45) is 5.73 Å². The molecular formula is C15H19ClN2OS. The van der Waals surface area contributed by atoms with Crippen molar-refractivity contribution in [1.82, 2.24) is 4.98 Å². The van der Waals surface area contributed by atoms with E-state index in [4.69, 9.17) is 22.1 Å². The third-order valence-electron chi connectivity index (χ3n) is 3.05. The Bertz CT molecular complexity index is 571. The third kappa shape index (κ3) is 4.20. The molecule has 0 aliphatic rings. The lowest BCUT2D eigenvalue weighted by molar-refractivity contribution is 0.301. The summed E-state index contributed by atoms with van der Waals surface area (Å²) in [5, 5.41) is 3.71. The van der Waals surface area contributed by atoms with Gasteiger partial charge in [-0.2, -0.15) is 0 Å². The molecule has 20 heavy (non-hydrogen) atoms. The Kier molecular flexibility index (Phi) is 5.40. The van der Waals surface area contributed by atoms with Gasteiger partial charge in [-0.3, -0.25) is 0 Å². The Balaban J connectivity index is 2.09. The predicted octanol–water partition coefficient (Wildman–Crippen LogP) is 3.96. The molecule has 0 saturated heterocycles. The van der Waals surface area contributed by atoms with Crippen LogP contribution >= 0.6 is 22.9 Å². The molecule has 3 nitrogen and oxygen atoms in total. The van der Waals surface area contributed by atoms with Gasteiger partial charge in [-0.15, -0.1) is 11.3 Å². The summed E-state index contributed by atoms with van der Waals surface area (Å²) in [5.41, 5.74) is 8.11. The van der Waals surface area contributed by atoms with Gasteiger partial charge >= 0.3 is 0 Å². The molecule has 1 unspecified atom stereocenters. The normalized spacial score (nSPS) is 12.4. The van der Waals surface area contributed by atoms with E-state index in [2.05, 4.69) is 11.9 Å². The molecule has 2 N–H and O–H groups in total. The molecule has 108 valence electrons. The van der Waals surface area contributed by atoms with Crippen LogP contribution in [0.3, 0.4) is 0 Å². The SMILES string of the molecule is CCC(N)Cc1cc(Cl)ccc1OCc1nc(C)cs1. The molecular weight excluding hydrogens is 292 g/mol. The molecule has 1 atom stereocenters. The monoisotopic (exact) mass is 310 g/mol. The molecule has 5 heteroatoms. The number of nitrogens with two attached hydrogens (primary N) is 1. The van der Waals surface area contributed by atoms with E-state index >= 15 is 0 Å². The van der Waals surface area contributed by atoms with Crippen molar-refractivity contribution in [3.05, 3.63) is 44.9 Å². The summed E-state index contributed by atoms with van der Waals surface area (Å²) in [7, 11) is 0. The first-order valence-corrected chi connectivity index (χ1v) is 7.92. The van der Waals surface area contributed by atoms with Gasteiger partial charge in [0, 0.05) is 22.1 Å². The van der Waals surface area contributed by atoms with E-state index in [-0.39, 0.29) is 6.04 Å². The van der Waals surface area contributed by atoms with Crippen LogP contribution in [0.5, 0.6) is 5.75 Å². The van der Waals surface area contributed by atoms with Crippen molar-refractivity contribution >= 4 is 22.9 Å². The van der Waals surface area contributed by atoms with Crippen LogP contribution in [0.1, 0.15) is 29.6 Å². The first-order valence-electron chi connectivity index (χ1n) is 6.66. The lowest BCUT2D eigenvalue weighted by Crippen LogP contribution is -2.21. The van der Waals surface area contributed by atoms with Crippen LogP contribution < -0.4 is 10.5 Å². The molecule has 1 aromatic heterocycles. The Labute approximate surface area is 128 Å². The van der Waals surface area contributed by atoms with Crippen molar-refractivity contribution in [1.29, 1.82) is 0 Å². The molecule has 1 heterocycles. The topological polar surface area (TPSA) is 48.1 Å². The summed E-state index contributed by atoms with van der Waals surface area (Å²) < 4.78 is 5.87. The molecule has 0 aliphatic heterocycles. The molecule has 0 aliphatic carbocycles. The Morgan fingerprint density at radius 3 is 2.90 bits per heavy atom. The van der Waals surface area contributed by atoms with E-state index in [1.165, 1.54) is 0 Å². The van der Waals surface area contributed by atoms with Crippen LogP contribution in [-0.2, 0) is 13.0 Å². The molecule has 2 rings (SSSR count). The zero-order valence-corrected chi connectivity index (χ0v) is 13.3. The van der Waals surface area contributed by atoms with Gasteiger partial charge < -0.3 is 10.5 Å². The van der Waals surface area contributed by atoms with Gasteiger partial charge in [-0.25, -0.2) is 4.98 Å². The van der Waals surface area contributed by atoms with E-state index < -0.39 is 0 Å². The second-order valence-corrected chi connectivity index (χ2v) is 6.17. The lowest BCUT2D eigenvalue weighted by atomic mass is 10.0. The minimum absolute atomic E-state index is 0.123. The standard InChI is InChI=1S/C15H19ClN2OS/c1-3-13(17)7-11-6-12(16)4-5-14(11)19-8-15-18-10(2)9-20-15/h4-6,9,13H,3,7-8,17H2,1-2H3. The molecule has 0 amide bonds. The van der Waals surface area contributed by atoms with Crippen LogP contribution in [0.15, 0.2) is 23.6 Å². The fraction of sp³-hybridized carbons (Fsp3) is 0.400. The van der Waals surface area contributed by atoms with E-state index in [9.17, 15) is 0 Å². The molecule has 0 fully saturated rings. The molecule has 0 radical (unpaired) electrons. The first-order chi connectivity index (χ1) is 9.58. The van der Waals surface area contributed by atoms with Gasteiger partial charge in [-0.1, -0.05) is 18.5 Å². The van der Waals surface area contributed by atoms with Crippen LogP contribution in [0.25, 0.3) is 0 Å². The summed E-state index contributed by atoms with van der Waals surface area (Å²) in [5.74, 6) is 0.839. The minimum atomic E-state index is 0.123. The number of benzene rings is 1. The first kappa shape index (κ1) is 15.3. The predicted molar refractivity (Wildman–Crippen MR) is 84.6 cm³/mol. The summed E-state index contributed by atoms with van der Waals surface area (Å²) in [6, 6.07) is 5.79. The summed E-state index contributed by atoms with van der Waals surface area (Å²) in [6.07, 6.45) is 1.70. The fourth-order valence-corrected chi connectivity index (χ4v) is 2.76. The van der Waals surface area contributed by atoms with E-state index in [1.54, 1.807) is 11.3 Å². The Morgan fingerprint density at radius 1 is 1.45 bits per heavy atom. The highest BCUT2D eigenvalue weighted by Crippen LogP contribution is 2.25. The number of halogens is 1. The number of ether oxygens (including phenoxy) is 1. The van der Waals surface area contributed by atoms with Crippen molar-refractivity contribution in [3.8, 4) is 5.75 Å². The van der Waals surface area contributed by atoms with Crippen LogP contribution in [-0.4, -0.2) is 11.0 Å². The van der Waals surface area contributed by atoms with Gasteiger partial charge in [0.1, 0.15) is 17.4 Å².